The zero-order valence-corrected chi connectivity index (χ0v) is 10.5. The van der Waals surface area contributed by atoms with E-state index in [2.05, 4.69) is 27.5 Å². The fraction of sp³-hybridized carbons (Fsp3) is 0.667. The van der Waals surface area contributed by atoms with E-state index < -0.39 is 0 Å². The minimum Gasteiger partial charge on any atom is -0.373 e. The highest BCUT2D eigenvalue weighted by Gasteiger charge is 2.29. The molecule has 94 valence electrons. The van der Waals surface area contributed by atoms with Gasteiger partial charge in [0.25, 0.3) is 0 Å². The fourth-order valence-electron chi connectivity index (χ4n) is 1.97. The van der Waals surface area contributed by atoms with Crippen molar-refractivity contribution in [3.8, 4) is 0 Å². The monoisotopic (exact) mass is 236 g/mol. The van der Waals surface area contributed by atoms with Crippen LogP contribution < -0.4 is 10.6 Å². The van der Waals surface area contributed by atoms with E-state index in [0.29, 0.717) is 0 Å². The maximum Gasteiger partial charge on any atom is 0.147 e. The van der Waals surface area contributed by atoms with Crippen LogP contribution in [-0.2, 0) is 4.74 Å². The quantitative estimate of drug-likeness (QED) is 0.817. The summed E-state index contributed by atoms with van der Waals surface area (Å²) in [5, 5.41) is 6.43. The molecule has 1 aliphatic heterocycles. The standard InChI is InChI=1S/C12H20N4O/c1-3-14-10-7-13-8-11(16-10)15-9-12(2)5-4-6-17-12/h7-8H,3-6,9H2,1-2H3,(H2,14,15,16). The van der Waals surface area contributed by atoms with Crippen molar-refractivity contribution in [1.29, 1.82) is 0 Å². The molecule has 0 amide bonds. The first-order valence-electron chi connectivity index (χ1n) is 6.16. The molecule has 2 heterocycles. The third kappa shape index (κ3) is 3.30. The number of aromatic nitrogens is 2. The molecule has 0 aliphatic carbocycles. The lowest BCUT2D eigenvalue weighted by Crippen LogP contribution is -2.32. The van der Waals surface area contributed by atoms with Crippen molar-refractivity contribution < 1.29 is 4.74 Å². The first kappa shape index (κ1) is 12.1. The molecule has 2 rings (SSSR count). The van der Waals surface area contributed by atoms with Crippen LogP contribution in [0.15, 0.2) is 12.4 Å². The Morgan fingerprint density at radius 2 is 2.12 bits per heavy atom. The summed E-state index contributed by atoms with van der Waals surface area (Å²) in [4.78, 5) is 8.56. The normalized spacial score (nSPS) is 23.6. The Bertz CT molecular complexity index is 363. The summed E-state index contributed by atoms with van der Waals surface area (Å²) < 4.78 is 5.71. The van der Waals surface area contributed by atoms with E-state index in [-0.39, 0.29) is 5.60 Å². The Hall–Kier alpha value is -1.36. The molecular weight excluding hydrogens is 216 g/mol. The zero-order chi connectivity index (χ0) is 12.1. The predicted octanol–water partition coefficient (Wildman–Crippen LogP) is 1.89. The maximum absolute atomic E-state index is 5.71. The lowest BCUT2D eigenvalue weighted by atomic mass is 10.0. The minimum atomic E-state index is -0.0597. The SMILES string of the molecule is CCNc1cncc(NCC2(C)CCCO2)n1. The van der Waals surface area contributed by atoms with Crippen LogP contribution in [0.5, 0.6) is 0 Å². The predicted molar refractivity (Wildman–Crippen MR) is 68.3 cm³/mol. The molecule has 5 nitrogen and oxygen atoms in total. The Kier molecular flexibility index (Phi) is 3.78. The molecular formula is C12H20N4O. The summed E-state index contributed by atoms with van der Waals surface area (Å²) in [7, 11) is 0. The van der Waals surface area contributed by atoms with Gasteiger partial charge in [0.1, 0.15) is 11.6 Å². The van der Waals surface area contributed by atoms with Gasteiger partial charge >= 0.3 is 0 Å². The van der Waals surface area contributed by atoms with Gasteiger partial charge in [-0.2, -0.15) is 0 Å². The highest BCUT2D eigenvalue weighted by atomic mass is 16.5. The Labute approximate surface area is 102 Å². The second-order valence-corrected chi connectivity index (χ2v) is 4.58. The van der Waals surface area contributed by atoms with Gasteiger partial charge in [-0.3, -0.25) is 4.98 Å². The molecule has 5 heteroatoms. The molecule has 2 N–H and O–H groups in total. The van der Waals surface area contributed by atoms with Crippen molar-refractivity contribution in [3.05, 3.63) is 12.4 Å². The molecule has 0 spiro atoms. The van der Waals surface area contributed by atoms with Crippen molar-refractivity contribution in [2.75, 3.05) is 30.3 Å². The number of hydrogen-bond acceptors (Lipinski definition) is 5. The number of anilines is 2. The molecule has 1 saturated heterocycles. The molecule has 0 bridgehead atoms. The van der Waals surface area contributed by atoms with Crippen molar-refractivity contribution in [1.82, 2.24) is 9.97 Å². The van der Waals surface area contributed by atoms with Crippen LogP contribution in [0.2, 0.25) is 0 Å². The van der Waals surface area contributed by atoms with Crippen molar-refractivity contribution in [2.24, 2.45) is 0 Å². The van der Waals surface area contributed by atoms with Gasteiger partial charge in [0.05, 0.1) is 18.0 Å². The van der Waals surface area contributed by atoms with Crippen LogP contribution in [0.3, 0.4) is 0 Å². The van der Waals surface area contributed by atoms with Crippen LogP contribution in [0, 0.1) is 0 Å². The lowest BCUT2D eigenvalue weighted by molar-refractivity contribution is 0.0315. The van der Waals surface area contributed by atoms with Crippen LogP contribution in [0.1, 0.15) is 26.7 Å². The van der Waals surface area contributed by atoms with Gasteiger partial charge in [0.2, 0.25) is 0 Å². The molecule has 0 saturated carbocycles. The van der Waals surface area contributed by atoms with E-state index in [1.807, 2.05) is 6.92 Å². The van der Waals surface area contributed by atoms with Gasteiger partial charge in [0, 0.05) is 19.7 Å². The van der Waals surface area contributed by atoms with E-state index in [9.17, 15) is 0 Å². The summed E-state index contributed by atoms with van der Waals surface area (Å²) in [6.07, 6.45) is 5.70. The molecule has 0 aromatic carbocycles. The maximum atomic E-state index is 5.71. The molecule has 1 aliphatic rings. The molecule has 1 unspecified atom stereocenters. The second-order valence-electron chi connectivity index (χ2n) is 4.58. The number of nitrogens with zero attached hydrogens (tertiary/aromatic N) is 2. The van der Waals surface area contributed by atoms with E-state index in [1.54, 1.807) is 12.4 Å². The average Bonchev–Trinajstić information content (AvgIpc) is 2.76. The Morgan fingerprint density at radius 1 is 1.35 bits per heavy atom. The van der Waals surface area contributed by atoms with Gasteiger partial charge in [-0.25, -0.2) is 4.98 Å². The Morgan fingerprint density at radius 3 is 2.76 bits per heavy atom. The first-order chi connectivity index (χ1) is 8.22. The molecule has 1 fully saturated rings. The second kappa shape index (κ2) is 5.31. The summed E-state index contributed by atoms with van der Waals surface area (Å²) >= 11 is 0. The number of nitrogens with one attached hydrogen (secondary N) is 2. The van der Waals surface area contributed by atoms with Crippen LogP contribution in [0.4, 0.5) is 11.6 Å². The lowest BCUT2D eigenvalue weighted by Gasteiger charge is -2.23. The van der Waals surface area contributed by atoms with Gasteiger partial charge in [-0.05, 0) is 26.7 Å². The van der Waals surface area contributed by atoms with E-state index in [0.717, 1.165) is 44.2 Å². The molecule has 0 radical (unpaired) electrons. The summed E-state index contributed by atoms with van der Waals surface area (Å²) in [5.74, 6) is 1.59. The van der Waals surface area contributed by atoms with Crippen LogP contribution in [0.25, 0.3) is 0 Å². The third-order valence-corrected chi connectivity index (χ3v) is 2.94. The molecule has 1 aromatic heterocycles. The van der Waals surface area contributed by atoms with E-state index in [4.69, 9.17) is 4.74 Å². The highest BCUT2D eigenvalue weighted by molar-refractivity contribution is 5.41. The average molecular weight is 236 g/mol. The topological polar surface area (TPSA) is 59.1 Å². The molecule has 1 atom stereocenters. The highest BCUT2D eigenvalue weighted by Crippen LogP contribution is 2.25. The van der Waals surface area contributed by atoms with E-state index >= 15 is 0 Å². The molecule has 17 heavy (non-hydrogen) atoms. The zero-order valence-electron chi connectivity index (χ0n) is 10.5. The van der Waals surface area contributed by atoms with Gasteiger partial charge in [0.15, 0.2) is 0 Å². The van der Waals surface area contributed by atoms with Crippen molar-refractivity contribution in [2.45, 2.75) is 32.3 Å². The number of ether oxygens (including phenoxy) is 1. The summed E-state index contributed by atoms with van der Waals surface area (Å²) in [6, 6.07) is 0. The minimum absolute atomic E-state index is 0.0597. The van der Waals surface area contributed by atoms with Crippen LogP contribution >= 0.6 is 0 Å². The van der Waals surface area contributed by atoms with Crippen LogP contribution in [-0.4, -0.2) is 35.3 Å². The largest absolute Gasteiger partial charge is 0.373 e. The third-order valence-electron chi connectivity index (χ3n) is 2.94. The van der Waals surface area contributed by atoms with Gasteiger partial charge in [-0.1, -0.05) is 0 Å². The van der Waals surface area contributed by atoms with Gasteiger partial charge < -0.3 is 15.4 Å². The number of rotatable bonds is 5. The fourth-order valence-corrected chi connectivity index (χ4v) is 1.97. The smallest absolute Gasteiger partial charge is 0.147 e. The molecule has 1 aromatic rings. The summed E-state index contributed by atoms with van der Waals surface area (Å²) in [6.45, 7) is 6.65. The van der Waals surface area contributed by atoms with Crippen molar-refractivity contribution in [3.63, 3.8) is 0 Å². The first-order valence-corrected chi connectivity index (χ1v) is 6.16. The summed E-state index contributed by atoms with van der Waals surface area (Å²) in [5.41, 5.74) is -0.0597. The Balaban J connectivity index is 1.91. The van der Waals surface area contributed by atoms with Crippen molar-refractivity contribution >= 4 is 11.6 Å². The number of hydrogen-bond donors (Lipinski definition) is 2. The van der Waals surface area contributed by atoms with E-state index in [1.165, 1.54) is 0 Å². The van der Waals surface area contributed by atoms with Gasteiger partial charge in [-0.15, -0.1) is 0 Å².